The molecule has 1 N–H and O–H groups in total. The van der Waals surface area contributed by atoms with Gasteiger partial charge in [-0.3, -0.25) is 4.98 Å². The molecule has 1 saturated carbocycles. The first-order chi connectivity index (χ1) is 7.84. The lowest BCUT2D eigenvalue weighted by Crippen LogP contribution is -2.00. The van der Waals surface area contributed by atoms with Crippen molar-refractivity contribution in [2.24, 2.45) is 0 Å². The van der Waals surface area contributed by atoms with Crippen LogP contribution in [0.15, 0.2) is 36.5 Å². The van der Waals surface area contributed by atoms with Crippen molar-refractivity contribution >= 4 is 10.9 Å². The third-order valence-electron chi connectivity index (χ3n) is 3.52. The molecule has 1 aromatic heterocycles. The highest BCUT2D eigenvalue weighted by Crippen LogP contribution is 2.37. The molecule has 3 rings (SSSR count). The molecule has 0 aliphatic heterocycles. The maximum Gasteiger partial charge on any atom is 0.0704 e. The molecule has 0 bridgehead atoms. The molecule has 1 aliphatic carbocycles. The molecule has 1 heterocycles. The minimum Gasteiger partial charge on any atom is -0.393 e. The van der Waals surface area contributed by atoms with Gasteiger partial charge in [0.1, 0.15) is 0 Å². The van der Waals surface area contributed by atoms with E-state index in [9.17, 15) is 5.11 Å². The molecule has 2 atom stereocenters. The lowest BCUT2D eigenvalue weighted by molar-refractivity contribution is 0.181. The molecular formula is C14H15NO. The molecule has 2 aromatic rings. The van der Waals surface area contributed by atoms with Crippen molar-refractivity contribution in [1.82, 2.24) is 4.98 Å². The van der Waals surface area contributed by atoms with Gasteiger partial charge in [-0.15, -0.1) is 0 Å². The first kappa shape index (κ1) is 9.79. The zero-order valence-corrected chi connectivity index (χ0v) is 9.13. The first-order valence-electron chi connectivity index (χ1n) is 5.86. The summed E-state index contributed by atoms with van der Waals surface area (Å²) >= 11 is 0. The quantitative estimate of drug-likeness (QED) is 0.790. The number of fused-ring (bicyclic) bond motifs is 1. The van der Waals surface area contributed by atoms with Gasteiger partial charge >= 0.3 is 0 Å². The van der Waals surface area contributed by atoms with E-state index in [1.165, 1.54) is 10.9 Å². The Bertz CT molecular complexity index is 504. The van der Waals surface area contributed by atoms with Gasteiger partial charge in [-0.2, -0.15) is 0 Å². The van der Waals surface area contributed by atoms with Crippen LogP contribution in [0.4, 0.5) is 0 Å². The topological polar surface area (TPSA) is 33.1 Å². The standard InChI is InChI=1S/C14H15NO/c16-11-7-6-10(9-11)12-3-1-5-14-13(12)4-2-8-15-14/h1-5,8,10-11,16H,6-7,9H2. The molecule has 1 fully saturated rings. The minimum absolute atomic E-state index is 0.114. The third kappa shape index (κ3) is 1.59. The maximum atomic E-state index is 9.62. The number of aliphatic hydroxyl groups is 1. The van der Waals surface area contributed by atoms with E-state index in [0.717, 1.165) is 24.8 Å². The number of benzene rings is 1. The number of nitrogens with zero attached hydrogens (tertiary/aromatic N) is 1. The van der Waals surface area contributed by atoms with Gasteiger partial charge in [-0.05, 0) is 42.9 Å². The van der Waals surface area contributed by atoms with Crippen LogP contribution in [0.5, 0.6) is 0 Å². The molecule has 0 radical (unpaired) electrons. The van der Waals surface area contributed by atoms with Crippen molar-refractivity contribution in [1.29, 1.82) is 0 Å². The Kier molecular flexibility index (Phi) is 2.37. The average molecular weight is 213 g/mol. The molecule has 2 nitrogen and oxygen atoms in total. The van der Waals surface area contributed by atoms with Gasteiger partial charge in [0.25, 0.3) is 0 Å². The van der Waals surface area contributed by atoms with Gasteiger partial charge in [-0.25, -0.2) is 0 Å². The molecule has 0 saturated heterocycles. The predicted octanol–water partition coefficient (Wildman–Crippen LogP) is 2.86. The minimum atomic E-state index is -0.114. The van der Waals surface area contributed by atoms with E-state index in [4.69, 9.17) is 0 Å². The number of hydrogen-bond donors (Lipinski definition) is 1. The summed E-state index contributed by atoms with van der Waals surface area (Å²) in [6.07, 6.45) is 4.64. The summed E-state index contributed by atoms with van der Waals surface area (Å²) in [5.41, 5.74) is 2.41. The van der Waals surface area contributed by atoms with Crippen LogP contribution in [-0.4, -0.2) is 16.2 Å². The van der Waals surface area contributed by atoms with Gasteiger partial charge in [0.05, 0.1) is 11.6 Å². The van der Waals surface area contributed by atoms with Gasteiger partial charge in [0, 0.05) is 11.6 Å². The molecule has 0 spiro atoms. The predicted molar refractivity (Wildman–Crippen MR) is 64.3 cm³/mol. The Balaban J connectivity index is 2.09. The first-order valence-corrected chi connectivity index (χ1v) is 5.86. The second kappa shape index (κ2) is 3.87. The summed E-state index contributed by atoms with van der Waals surface area (Å²) < 4.78 is 0. The van der Waals surface area contributed by atoms with Crippen molar-refractivity contribution in [3.63, 3.8) is 0 Å². The summed E-state index contributed by atoms with van der Waals surface area (Å²) in [5.74, 6) is 0.503. The van der Waals surface area contributed by atoms with Crippen molar-refractivity contribution < 1.29 is 5.11 Å². The van der Waals surface area contributed by atoms with Crippen molar-refractivity contribution in [3.8, 4) is 0 Å². The van der Waals surface area contributed by atoms with Crippen molar-refractivity contribution in [2.45, 2.75) is 31.3 Å². The second-order valence-electron chi connectivity index (χ2n) is 4.58. The Morgan fingerprint density at radius 3 is 2.88 bits per heavy atom. The van der Waals surface area contributed by atoms with Crippen LogP contribution in [-0.2, 0) is 0 Å². The zero-order chi connectivity index (χ0) is 11.0. The molecule has 16 heavy (non-hydrogen) atoms. The Hall–Kier alpha value is -1.41. The Morgan fingerprint density at radius 1 is 1.12 bits per heavy atom. The fraction of sp³-hybridized carbons (Fsp3) is 0.357. The van der Waals surface area contributed by atoms with Gasteiger partial charge in [0.15, 0.2) is 0 Å². The third-order valence-corrected chi connectivity index (χ3v) is 3.52. The van der Waals surface area contributed by atoms with Gasteiger partial charge in [-0.1, -0.05) is 18.2 Å². The number of hydrogen-bond acceptors (Lipinski definition) is 2. The van der Waals surface area contributed by atoms with Crippen molar-refractivity contribution in [2.75, 3.05) is 0 Å². The lowest BCUT2D eigenvalue weighted by atomic mass is 9.94. The SMILES string of the molecule is OC1CCC(c2cccc3ncccc23)C1. The molecule has 1 aliphatic rings. The molecule has 1 aromatic carbocycles. The fourth-order valence-corrected chi connectivity index (χ4v) is 2.72. The largest absolute Gasteiger partial charge is 0.393 e. The fourth-order valence-electron chi connectivity index (χ4n) is 2.72. The number of aromatic nitrogens is 1. The van der Waals surface area contributed by atoms with E-state index in [0.29, 0.717) is 5.92 Å². The Morgan fingerprint density at radius 2 is 2.06 bits per heavy atom. The van der Waals surface area contributed by atoms with E-state index in [2.05, 4.69) is 23.2 Å². The number of rotatable bonds is 1. The monoisotopic (exact) mass is 213 g/mol. The highest BCUT2D eigenvalue weighted by Gasteiger charge is 2.25. The maximum absolute atomic E-state index is 9.62. The lowest BCUT2D eigenvalue weighted by Gasteiger charge is -2.12. The van der Waals surface area contributed by atoms with Crippen LogP contribution in [0.1, 0.15) is 30.7 Å². The van der Waals surface area contributed by atoms with E-state index in [-0.39, 0.29) is 6.10 Å². The van der Waals surface area contributed by atoms with Gasteiger partial charge in [0.2, 0.25) is 0 Å². The molecular weight excluding hydrogens is 198 g/mol. The van der Waals surface area contributed by atoms with Crippen LogP contribution >= 0.6 is 0 Å². The summed E-state index contributed by atoms with van der Waals surface area (Å²) in [6, 6.07) is 10.4. The van der Waals surface area contributed by atoms with Crippen molar-refractivity contribution in [3.05, 3.63) is 42.1 Å². The summed E-state index contributed by atoms with van der Waals surface area (Å²) in [7, 11) is 0. The Labute approximate surface area is 94.9 Å². The van der Waals surface area contributed by atoms with Crippen LogP contribution in [0.25, 0.3) is 10.9 Å². The molecule has 0 amide bonds. The average Bonchev–Trinajstić information content (AvgIpc) is 2.75. The van der Waals surface area contributed by atoms with Crippen LogP contribution < -0.4 is 0 Å². The second-order valence-corrected chi connectivity index (χ2v) is 4.58. The number of aliphatic hydroxyl groups excluding tert-OH is 1. The highest BCUT2D eigenvalue weighted by atomic mass is 16.3. The van der Waals surface area contributed by atoms with E-state index in [1.54, 1.807) is 0 Å². The zero-order valence-electron chi connectivity index (χ0n) is 9.13. The normalized spacial score (nSPS) is 25.1. The van der Waals surface area contributed by atoms with E-state index < -0.39 is 0 Å². The number of pyridine rings is 1. The molecule has 2 heteroatoms. The smallest absolute Gasteiger partial charge is 0.0704 e. The molecule has 2 unspecified atom stereocenters. The molecule has 82 valence electrons. The van der Waals surface area contributed by atoms with E-state index >= 15 is 0 Å². The summed E-state index contributed by atoms with van der Waals surface area (Å²) in [6.45, 7) is 0. The summed E-state index contributed by atoms with van der Waals surface area (Å²) in [5, 5.41) is 10.9. The van der Waals surface area contributed by atoms with Crippen LogP contribution in [0, 0.1) is 0 Å². The van der Waals surface area contributed by atoms with Crippen LogP contribution in [0.2, 0.25) is 0 Å². The summed E-state index contributed by atoms with van der Waals surface area (Å²) in [4.78, 5) is 4.37. The van der Waals surface area contributed by atoms with Gasteiger partial charge < -0.3 is 5.11 Å². The van der Waals surface area contributed by atoms with E-state index in [1.807, 2.05) is 18.3 Å². The van der Waals surface area contributed by atoms with Crippen LogP contribution in [0.3, 0.4) is 0 Å². The highest BCUT2D eigenvalue weighted by molar-refractivity contribution is 5.82.